The van der Waals surface area contributed by atoms with E-state index in [0.717, 1.165) is 25.3 Å². The molecule has 1 aromatic carbocycles. The fourth-order valence-corrected chi connectivity index (χ4v) is 4.35. The lowest BCUT2D eigenvalue weighted by Crippen LogP contribution is -2.57. The van der Waals surface area contributed by atoms with Crippen molar-refractivity contribution in [2.75, 3.05) is 31.9 Å². The molecule has 25 heavy (non-hydrogen) atoms. The van der Waals surface area contributed by atoms with Gasteiger partial charge in [0.15, 0.2) is 15.8 Å². The second kappa shape index (κ2) is 8.21. The topological polar surface area (TPSA) is 61.8 Å². The highest BCUT2D eigenvalue weighted by Gasteiger charge is 2.40. The zero-order valence-electron chi connectivity index (χ0n) is 15.9. The van der Waals surface area contributed by atoms with E-state index >= 15 is 0 Å². The summed E-state index contributed by atoms with van der Waals surface area (Å²) in [5, 5.41) is 3.30. The smallest absolute Gasteiger partial charge is 0.194 e. The van der Waals surface area contributed by atoms with E-state index in [4.69, 9.17) is 4.99 Å². The van der Waals surface area contributed by atoms with Crippen molar-refractivity contribution in [1.29, 1.82) is 0 Å². The molecular formula is C19H31N3O2S. The zero-order valence-corrected chi connectivity index (χ0v) is 16.7. The van der Waals surface area contributed by atoms with Crippen LogP contribution in [0.15, 0.2) is 29.3 Å². The van der Waals surface area contributed by atoms with Crippen molar-refractivity contribution < 1.29 is 8.42 Å². The molecule has 0 spiro atoms. The standard InChI is InChI=1S/C19H31N3O2S/c1-5-16-7-9-17(10-8-16)11-12-21-18(20-6-2)22-13-14-25(23,24)19(3,4)15-22/h7-10H,5-6,11-15H2,1-4H3,(H,20,21). The lowest BCUT2D eigenvalue weighted by Gasteiger charge is -2.39. The van der Waals surface area contributed by atoms with Gasteiger partial charge in [0.25, 0.3) is 0 Å². The summed E-state index contributed by atoms with van der Waals surface area (Å²) in [5.74, 6) is 0.999. The molecule has 5 nitrogen and oxygen atoms in total. The van der Waals surface area contributed by atoms with Crippen LogP contribution in [0.25, 0.3) is 0 Å². The molecule has 0 unspecified atom stereocenters. The Hall–Kier alpha value is -1.56. The van der Waals surface area contributed by atoms with Gasteiger partial charge in [-0.15, -0.1) is 0 Å². The average Bonchev–Trinajstić information content (AvgIpc) is 2.57. The second-order valence-electron chi connectivity index (χ2n) is 7.16. The van der Waals surface area contributed by atoms with Crippen LogP contribution in [0.3, 0.4) is 0 Å². The monoisotopic (exact) mass is 365 g/mol. The quantitative estimate of drug-likeness (QED) is 0.642. The molecular weight excluding hydrogens is 334 g/mol. The summed E-state index contributed by atoms with van der Waals surface area (Å²) in [6.45, 7) is 10.2. The lowest BCUT2D eigenvalue weighted by molar-refractivity contribution is 0.353. The van der Waals surface area contributed by atoms with Crippen molar-refractivity contribution >= 4 is 15.8 Å². The number of guanidine groups is 1. The molecule has 2 rings (SSSR count). The van der Waals surface area contributed by atoms with E-state index in [9.17, 15) is 8.42 Å². The van der Waals surface area contributed by atoms with Crippen LogP contribution in [0.5, 0.6) is 0 Å². The maximum atomic E-state index is 12.2. The summed E-state index contributed by atoms with van der Waals surface area (Å²) < 4.78 is 23.6. The maximum absolute atomic E-state index is 12.2. The fourth-order valence-electron chi connectivity index (χ4n) is 2.98. The van der Waals surface area contributed by atoms with E-state index in [-0.39, 0.29) is 5.75 Å². The summed E-state index contributed by atoms with van der Waals surface area (Å²) in [6, 6.07) is 8.67. The zero-order chi connectivity index (χ0) is 18.5. The normalized spacial score (nSPS) is 19.7. The van der Waals surface area contributed by atoms with E-state index in [1.807, 2.05) is 6.92 Å². The van der Waals surface area contributed by atoms with Gasteiger partial charge < -0.3 is 10.2 Å². The number of aliphatic imine (C=N–C) groups is 1. The molecule has 1 N–H and O–H groups in total. The Morgan fingerprint density at radius 3 is 2.40 bits per heavy atom. The molecule has 0 aromatic heterocycles. The summed E-state index contributed by atoms with van der Waals surface area (Å²) in [4.78, 5) is 6.80. The third-order valence-corrected chi connectivity index (χ3v) is 7.30. The Labute approximate surface area is 152 Å². The Balaban J connectivity index is 2.03. The Bertz CT molecular complexity index is 694. The Morgan fingerprint density at radius 2 is 1.84 bits per heavy atom. The summed E-state index contributed by atoms with van der Waals surface area (Å²) in [5.41, 5.74) is 2.62. The first-order valence-corrected chi connectivity index (χ1v) is 10.8. The van der Waals surface area contributed by atoms with E-state index in [1.54, 1.807) is 13.8 Å². The van der Waals surface area contributed by atoms with Gasteiger partial charge in [-0.25, -0.2) is 8.42 Å². The predicted octanol–water partition coefficient (Wildman–Crippen LogP) is 2.27. The third kappa shape index (κ3) is 4.97. The first-order chi connectivity index (χ1) is 11.8. The maximum Gasteiger partial charge on any atom is 0.194 e. The Morgan fingerprint density at radius 1 is 1.20 bits per heavy atom. The number of nitrogens with zero attached hydrogens (tertiary/aromatic N) is 2. The van der Waals surface area contributed by atoms with Gasteiger partial charge >= 0.3 is 0 Å². The van der Waals surface area contributed by atoms with Crippen LogP contribution in [0.2, 0.25) is 0 Å². The SMILES string of the molecule is CCNC(=NCCc1ccc(CC)cc1)N1CCS(=O)(=O)C(C)(C)C1. The third-order valence-electron chi connectivity index (χ3n) is 4.77. The largest absolute Gasteiger partial charge is 0.357 e. The van der Waals surface area contributed by atoms with Gasteiger partial charge in [0, 0.05) is 26.2 Å². The first-order valence-electron chi connectivity index (χ1n) is 9.12. The van der Waals surface area contributed by atoms with Gasteiger partial charge in [-0.2, -0.15) is 0 Å². The summed E-state index contributed by atoms with van der Waals surface area (Å²) in [6.07, 6.45) is 1.94. The van der Waals surface area contributed by atoms with E-state index in [2.05, 4.69) is 41.4 Å². The van der Waals surface area contributed by atoms with Gasteiger partial charge in [-0.05, 0) is 44.7 Å². The van der Waals surface area contributed by atoms with Crippen LogP contribution < -0.4 is 5.32 Å². The van der Waals surface area contributed by atoms with Gasteiger partial charge in [0.1, 0.15) is 0 Å². The first kappa shape index (κ1) is 19.8. The van der Waals surface area contributed by atoms with Crippen molar-refractivity contribution in [3.63, 3.8) is 0 Å². The Kier molecular flexibility index (Phi) is 6.49. The minimum Gasteiger partial charge on any atom is -0.357 e. The molecule has 0 bridgehead atoms. The number of hydrogen-bond acceptors (Lipinski definition) is 3. The molecule has 1 heterocycles. The van der Waals surface area contributed by atoms with Gasteiger partial charge in [-0.3, -0.25) is 4.99 Å². The highest BCUT2D eigenvalue weighted by Crippen LogP contribution is 2.23. The number of aryl methyl sites for hydroxylation is 1. The highest BCUT2D eigenvalue weighted by molar-refractivity contribution is 7.92. The molecule has 6 heteroatoms. The number of benzene rings is 1. The molecule has 0 aliphatic carbocycles. The number of rotatable bonds is 5. The molecule has 0 atom stereocenters. The van der Waals surface area contributed by atoms with Crippen molar-refractivity contribution in [1.82, 2.24) is 10.2 Å². The van der Waals surface area contributed by atoms with Crippen LogP contribution in [0.1, 0.15) is 38.8 Å². The molecule has 140 valence electrons. The lowest BCUT2D eigenvalue weighted by atomic mass is 10.1. The fraction of sp³-hybridized carbons (Fsp3) is 0.632. The molecule has 1 aromatic rings. The van der Waals surface area contributed by atoms with Crippen LogP contribution in [-0.4, -0.2) is 56.0 Å². The minimum atomic E-state index is -3.04. The molecule has 1 saturated heterocycles. The summed E-state index contributed by atoms with van der Waals surface area (Å²) in [7, 11) is -3.04. The second-order valence-corrected chi connectivity index (χ2v) is 9.90. The van der Waals surface area contributed by atoms with E-state index in [0.29, 0.717) is 19.6 Å². The van der Waals surface area contributed by atoms with Crippen LogP contribution in [-0.2, 0) is 22.7 Å². The number of nitrogens with one attached hydrogen (secondary N) is 1. The number of sulfone groups is 1. The number of hydrogen-bond donors (Lipinski definition) is 1. The molecule has 0 saturated carbocycles. The van der Waals surface area contributed by atoms with Crippen molar-refractivity contribution in [3.05, 3.63) is 35.4 Å². The van der Waals surface area contributed by atoms with Crippen LogP contribution in [0, 0.1) is 0 Å². The predicted molar refractivity (Wildman–Crippen MR) is 105 cm³/mol. The molecule has 1 aliphatic heterocycles. The van der Waals surface area contributed by atoms with Gasteiger partial charge in [0.2, 0.25) is 0 Å². The average molecular weight is 366 g/mol. The van der Waals surface area contributed by atoms with E-state index in [1.165, 1.54) is 11.1 Å². The molecule has 0 radical (unpaired) electrons. The van der Waals surface area contributed by atoms with Crippen molar-refractivity contribution in [3.8, 4) is 0 Å². The molecule has 1 fully saturated rings. The van der Waals surface area contributed by atoms with E-state index < -0.39 is 14.6 Å². The highest BCUT2D eigenvalue weighted by atomic mass is 32.2. The van der Waals surface area contributed by atoms with Crippen molar-refractivity contribution in [2.24, 2.45) is 4.99 Å². The van der Waals surface area contributed by atoms with Crippen molar-refractivity contribution in [2.45, 2.75) is 45.3 Å². The summed E-state index contributed by atoms with van der Waals surface area (Å²) >= 11 is 0. The van der Waals surface area contributed by atoms with Crippen LogP contribution >= 0.6 is 0 Å². The van der Waals surface area contributed by atoms with Crippen LogP contribution in [0.4, 0.5) is 0 Å². The molecule has 0 amide bonds. The van der Waals surface area contributed by atoms with Gasteiger partial charge in [0.05, 0.1) is 10.5 Å². The molecule has 1 aliphatic rings. The minimum absolute atomic E-state index is 0.183. The van der Waals surface area contributed by atoms with Gasteiger partial charge in [-0.1, -0.05) is 31.2 Å².